The Morgan fingerprint density at radius 1 is 1.17 bits per heavy atom. The van der Waals surface area contributed by atoms with E-state index in [2.05, 4.69) is 0 Å². The van der Waals surface area contributed by atoms with Gasteiger partial charge in [0.25, 0.3) is 0 Å². The van der Waals surface area contributed by atoms with Gasteiger partial charge in [-0.15, -0.1) is 0 Å². The number of ketones is 1. The lowest BCUT2D eigenvalue weighted by Gasteiger charge is -2.08. The highest BCUT2D eigenvalue weighted by atomic mass is 35.5. The van der Waals surface area contributed by atoms with Gasteiger partial charge in [0.2, 0.25) is 6.86 Å². The molecular formula is C14H10ClFO2. The summed E-state index contributed by atoms with van der Waals surface area (Å²) >= 11 is 5.79. The van der Waals surface area contributed by atoms with E-state index in [0.717, 1.165) is 0 Å². The number of benzene rings is 2. The number of ether oxygens (including phenoxy) is 1. The van der Waals surface area contributed by atoms with Crippen molar-refractivity contribution in [2.75, 3.05) is 6.86 Å². The van der Waals surface area contributed by atoms with Gasteiger partial charge < -0.3 is 4.74 Å². The summed E-state index contributed by atoms with van der Waals surface area (Å²) in [6.07, 6.45) is 0. The molecule has 0 aliphatic rings. The van der Waals surface area contributed by atoms with Crippen LogP contribution in [0.4, 0.5) is 4.39 Å². The Morgan fingerprint density at radius 3 is 2.56 bits per heavy atom. The van der Waals surface area contributed by atoms with Gasteiger partial charge in [-0.05, 0) is 18.2 Å². The summed E-state index contributed by atoms with van der Waals surface area (Å²) in [4.78, 5) is 12.2. The molecule has 0 atom stereocenters. The number of hydrogen-bond acceptors (Lipinski definition) is 2. The predicted octanol–water partition coefficient (Wildman–Crippen LogP) is 3.88. The Labute approximate surface area is 109 Å². The third kappa shape index (κ3) is 2.68. The highest BCUT2D eigenvalue weighted by Gasteiger charge is 2.14. The van der Waals surface area contributed by atoms with Crippen molar-refractivity contribution in [1.82, 2.24) is 0 Å². The maximum Gasteiger partial charge on any atom is 0.228 e. The Hall–Kier alpha value is -1.87. The normalized spacial score (nSPS) is 10.1. The van der Waals surface area contributed by atoms with Crippen LogP contribution in [0.1, 0.15) is 15.9 Å². The fourth-order valence-electron chi connectivity index (χ4n) is 1.61. The van der Waals surface area contributed by atoms with E-state index < -0.39 is 6.86 Å². The van der Waals surface area contributed by atoms with Gasteiger partial charge in [-0.2, -0.15) is 0 Å². The molecule has 0 N–H and O–H groups in total. The second-order valence-electron chi connectivity index (χ2n) is 3.59. The van der Waals surface area contributed by atoms with Crippen LogP contribution in [-0.4, -0.2) is 12.6 Å². The van der Waals surface area contributed by atoms with Gasteiger partial charge in [-0.25, -0.2) is 4.39 Å². The van der Waals surface area contributed by atoms with Crippen molar-refractivity contribution in [3.8, 4) is 5.75 Å². The smallest absolute Gasteiger partial charge is 0.228 e. The number of alkyl halides is 1. The monoisotopic (exact) mass is 264 g/mol. The van der Waals surface area contributed by atoms with E-state index in [0.29, 0.717) is 16.1 Å². The molecule has 2 nitrogen and oxygen atoms in total. The molecule has 18 heavy (non-hydrogen) atoms. The van der Waals surface area contributed by atoms with Crippen LogP contribution in [0.15, 0.2) is 48.5 Å². The zero-order valence-electron chi connectivity index (χ0n) is 9.40. The van der Waals surface area contributed by atoms with E-state index in [9.17, 15) is 9.18 Å². The van der Waals surface area contributed by atoms with Crippen LogP contribution in [-0.2, 0) is 0 Å². The van der Waals surface area contributed by atoms with E-state index in [-0.39, 0.29) is 11.5 Å². The summed E-state index contributed by atoms with van der Waals surface area (Å²) in [7, 11) is 0. The van der Waals surface area contributed by atoms with Crippen molar-refractivity contribution >= 4 is 17.4 Å². The van der Waals surface area contributed by atoms with Gasteiger partial charge in [0.15, 0.2) is 5.78 Å². The van der Waals surface area contributed by atoms with Crippen LogP contribution in [0.3, 0.4) is 0 Å². The minimum absolute atomic E-state index is 0.152. The Morgan fingerprint density at radius 2 is 1.89 bits per heavy atom. The molecule has 0 aliphatic heterocycles. The van der Waals surface area contributed by atoms with Crippen LogP contribution >= 0.6 is 11.6 Å². The Kier molecular flexibility index (Phi) is 3.95. The summed E-state index contributed by atoms with van der Waals surface area (Å²) in [5.41, 5.74) is 0.812. The summed E-state index contributed by atoms with van der Waals surface area (Å²) in [6.45, 7) is -1.00. The first-order valence-corrected chi connectivity index (χ1v) is 5.68. The number of halogens is 2. The largest absolute Gasteiger partial charge is 0.462 e. The maximum atomic E-state index is 12.3. The van der Waals surface area contributed by atoms with Crippen molar-refractivity contribution in [1.29, 1.82) is 0 Å². The van der Waals surface area contributed by atoms with E-state index in [1.165, 1.54) is 12.1 Å². The molecule has 0 unspecified atom stereocenters. The summed E-state index contributed by atoms with van der Waals surface area (Å²) in [6, 6.07) is 13.3. The first kappa shape index (κ1) is 12.6. The SMILES string of the molecule is O=C(c1ccccc1)c1ccc(Cl)cc1OCF. The van der Waals surface area contributed by atoms with E-state index in [4.69, 9.17) is 16.3 Å². The van der Waals surface area contributed by atoms with E-state index >= 15 is 0 Å². The lowest BCUT2D eigenvalue weighted by Crippen LogP contribution is -2.05. The van der Waals surface area contributed by atoms with Gasteiger partial charge in [0.1, 0.15) is 5.75 Å². The zero-order valence-corrected chi connectivity index (χ0v) is 10.2. The molecule has 0 fully saturated rings. The molecule has 92 valence electrons. The molecule has 2 aromatic carbocycles. The lowest BCUT2D eigenvalue weighted by molar-refractivity contribution is 0.103. The van der Waals surface area contributed by atoms with E-state index in [1.807, 2.05) is 6.07 Å². The molecule has 4 heteroatoms. The molecule has 0 bridgehead atoms. The van der Waals surface area contributed by atoms with Crippen molar-refractivity contribution < 1.29 is 13.9 Å². The highest BCUT2D eigenvalue weighted by Crippen LogP contribution is 2.25. The minimum atomic E-state index is -1.00. The fourth-order valence-corrected chi connectivity index (χ4v) is 1.77. The topological polar surface area (TPSA) is 26.3 Å². The molecule has 0 radical (unpaired) electrons. The maximum absolute atomic E-state index is 12.3. The molecule has 0 aliphatic carbocycles. The van der Waals surface area contributed by atoms with Gasteiger partial charge in [-0.3, -0.25) is 4.79 Å². The van der Waals surface area contributed by atoms with Crippen molar-refractivity contribution in [2.45, 2.75) is 0 Å². The number of hydrogen-bond donors (Lipinski definition) is 0. The average molecular weight is 265 g/mol. The average Bonchev–Trinajstić information content (AvgIpc) is 2.40. The third-order valence-corrected chi connectivity index (χ3v) is 2.67. The second-order valence-corrected chi connectivity index (χ2v) is 4.03. The van der Waals surface area contributed by atoms with Crippen LogP contribution in [0.5, 0.6) is 5.75 Å². The lowest BCUT2D eigenvalue weighted by atomic mass is 10.0. The van der Waals surface area contributed by atoms with Gasteiger partial charge in [0.05, 0.1) is 5.56 Å². The Balaban J connectivity index is 2.41. The van der Waals surface area contributed by atoms with Crippen molar-refractivity contribution in [3.05, 3.63) is 64.7 Å². The predicted molar refractivity (Wildman–Crippen MR) is 67.9 cm³/mol. The van der Waals surface area contributed by atoms with E-state index in [1.54, 1.807) is 30.3 Å². The van der Waals surface area contributed by atoms with Crippen molar-refractivity contribution in [2.24, 2.45) is 0 Å². The van der Waals surface area contributed by atoms with Crippen LogP contribution in [0.2, 0.25) is 5.02 Å². The molecule has 0 spiro atoms. The standard InChI is InChI=1S/C14H10ClFO2/c15-11-6-7-12(13(8-11)18-9-16)14(17)10-4-2-1-3-5-10/h1-8H,9H2. The van der Waals surface area contributed by atoms with Gasteiger partial charge in [-0.1, -0.05) is 41.9 Å². The fraction of sp³-hybridized carbons (Fsp3) is 0.0714. The molecule has 0 saturated carbocycles. The number of carbonyl (C=O) groups excluding carboxylic acids is 1. The molecule has 0 amide bonds. The summed E-state index contributed by atoms with van der Waals surface area (Å²) in [5.74, 6) is -0.0745. The summed E-state index contributed by atoms with van der Waals surface area (Å²) < 4.78 is 17.1. The molecule has 0 aromatic heterocycles. The zero-order chi connectivity index (χ0) is 13.0. The molecule has 0 saturated heterocycles. The molecular weight excluding hydrogens is 255 g/mol. The second kappa shape index (κ2) is 5.65. The number of rotatable bonds is 4. The molecule has 2 aromatic rings. The third-order valence-electron chi connectivity index (χ3n) is 2.43. The minimum Gasteiger partial charge on any atom is -0.462 e. The molecule has 2 rings (SSSR count). The first-order valence-electron chi connectivity index (χ1n) is 5.30. The van der Waals surface area contributed by atoms with Crippen LogP contribution in [0, 0.1) is 0 Å². The van der Waals surface area contributed by atoms with Crippen LogP contribution < -0.4 is 4.74 Å². The highest BCUT2D eigenvalue weighted by molar-refractivity contribution is 6.31. The quantitative estimate of drug-likeness (QED) is 0.784. The van der Waals surface area contributed by atoms with Crippen molar-refractivity contribution in [3.63, 3.8) is 0 Å². The first-order chi connectivity index (χ1) is 8.72. The van der Waals surface area contributed by atoms with Crippen LogP contribution in [0.25, 0.3) is 0 Å². The molecule has 0 heterocycles. The van der Waals surface area contributed by atoms with Gasteiger partial charge >= 0.3 is 0 Å². The van der Waals surface area contributed by atoms with Gasteiger partial charge in [0, 0.05) is 10.6 Å². The Bertz CT molecular complexity index is 555. The number of carbonyl (C=O) groups is 1. The summed E-state index contributed by atoms with van der Waals surface area (Å²) in [5, 5.41) is 0.392.